The lowest BCUT2D eigenvalue weighted by atomic mass is 10.1. The Hall–Kier alpha value is -0.880. The average Bonchev–Trinajstić information content (AvgIpc) is 2.96. The molecule has 112 valence electrons. The predicted molar refractivity (Wildman–Crippen MR) is 94.0 cm³/mol. The molecule has 0 amide bonds. The smallest absolute Gasteiger partial charge is 0.0576 e. The molecule has 0 spiro atoms. The first-order valence-electron chi connectivity index (χ1n) is 7.26. The molecule has 1 fully saturated rings. The van der Waals surface area contributed by atoms with E-state index in [1.54, 1.807) is 11.3 Å². The van der Waals surface area contributed by atoms with Gasteiger partial charge in [-0.25, -0.2) is 0 Å². The summed E-state index contributed by atoms with van der Waals surface area (Å²) in [6, 6.07) is 13.1. The molecule has 0 saturated carbocycles. The third-order valence-electron chi connectivity index (χ3n) is 4.05. The van der Waals surface area contributed by atoms with Crippen LogP contribution in [0.2, 0.25) is 0 Å². The molecule has 1 saturated heterocycles. The molecule has 2 N–H and O–H groups in total. The average molecular weight is 366 g/mol. The number of nitrogens with two attached hydrogens (primary N) is 1. The Balaban J connectivity index is 1.66. The Bertz CT molecular complexity index is 564. The van der Waals surface area contributed by atoms with E-state index >= 15 is 0 Å². The number of benzene rings is 1. The summed E-state index contributed by atoms with van der Waals surface area (Å²) in [5.74, 6) is 0. The minimum absolute atomic E-state index is 0.331. The van der Waals surface area contributed by atoms with E-state index < -0.39 is 0 Å². The van der Waals surface area contributed by atoms with E-state index in [4.69, 9.17) is 5.73 Å². The Morgan fingerprint density at radius 3 is 2.38 bits per heavy atom. The van der Waals surface area contributed by atoms with Gasteiger partial charge in [-0.05, 0) is 39.5 Å². The molecular weight excluding hydrogens is 346 g/mol. The van der Waals surface area contributed by atoms with Crippen LogP contribution in [0.25, 0.3) is 0 Å². The van der Waals surface area contributed by atoms with Crippen LogP contribution in [0, 0.1) is 0 Å². The van der Waals surface area contributed by atoms with Gasteiger partial charge in [0.15, 0.2) is 0 Å². The van der Waals surface area contributed by atoms with Gasteiger partial charge in [-0.15, -0.1) is 11.3 Å². The van der Waals surface area contributed by atoms with Crippen molar-refractivity contribution < 1.29 is 0 Å². The summed E-state index contributed by atoms with van der Waals surface area (Å²) in [6.07, 6.45) is 0. The molecule has 0 aliphatic carbocycles. The molecule has 1 atom stereocenters. The fourth-order valence-electron chi connectivity index (χ4n) is 2.90. The molecule has 2 aromatic rings. The standard InChI is InChI=1S/C16H20BrN3S/c17-14-6-11-21-16(14)15(12-18)20-9-7-19(8-10-20)13-4-2-1-3-5-13/h1-6,11,15H,7-10,12,18H2. The summed E-state index contributed by atoms with van der Waals surface area (Å²) in [5, 5.41) is 2.13. The molecule has 1 unspecified atom stereocenters. The van der Waals surface area contributed by atoms with E-state index in [2.05, 4.69) is 67.5 Å². The Morgan fingerprint density at radius 2 is 1.81 bits per heavy atom. The van der Waals surface area contributed by atoms with E-state index in [1.807, 2.05) is 0 Å². The highest BCUT2D eigenvalue weighted by molar-refractivity contribution is 9.10. The summed E-state index contributed by atoms with van der Waals surface area (Å²) < 4.78 is 1.19. The van der Waals surface area contributed by atoms with Crippen molar-refractivity contribution in [3.63, 3.8) is 0 Å². The van der Waals surface area contributed by atoms with Gasteiger partial charge in [-0.3, -0.25) is 4.90 Å². The molecule has 0 radical (unpaired) electrons. The third-order valence-corrected chi connectivity index (χ3v) is 6.02. The second-order valence-corrected chi connectivity index (χ2v) is 7.04. The van der Waals surface area contributed by atoms with E-state index in [-0.39, 0.29) is 0 Å². The Kier molecular flexibility index (Phi) is 4.95. The van der Waals surface area contributed by atoms with Crippen molar-refractivity contribution in [1.29, 1.82) is 0 Å². The van der Waals surface area contributed by atoms with Crippen molar-refractivity contribution in [1.82, 2.24) is 4.90 Å². The van der Waals surface area contributed by atoms with Crippen LogP contribution in [-0.2, 0) is 0 Å². The van der Waals surface area contributed by atoms with Crippen LogP contribution in [-0.4, -0.2) is 37.6 Å². The molecule has 1 aromatic carbocycles. The highest BCUT2D eigenvalue weighted by Crippen LogP contribution is 2.33. The maximum absolute atomic E-state index is 6.04. The van der Waals surface area contributed by atoms with Crippen LogP contribution >= 0.6 is 27.3 Å². The molecular formula is C16H20BrN3S. The van der Waals surface area contributed by atoms with E-state index in [0.717, 1.165) is 26.2 Å². The SMILES string of the molecule is NCC(c1sccc1Br)N1CCN(c2ccccc2)CC1. The largest absolute Gasteiger partial charge is 0.369 e. The number of thiophene rings is 1. The summed E-state index contributed by atoms with van der Waals surface area (Å²) >= 11 is 5.43. The Morgan fingerprint density at radius 1 is 1.10 bits per heavy atom. The van der Waals surface area contributed by atoms with Gasteiger partial charge in [0, 0.05) is 47.8 Å². The van der Waals surface area contributed by atoms with Crippen LogP contribution in [0.4, 0.5) is 5.69 Å². The van der Waals surface area contributed by atoms with Crippen molar-refractivity contribution >= 4 is 33.0 Å². The molecule has 1 aromatic heterocycles. The van der Waals surface area contributed by atoms with Crippen LogP contribution in [0.1, 0.15) is 10.9 Å². The monoisotopic (exact) mass is 365 g/mol. The van der Waals surface area contributed by atoms with Crippen LogP contribution < -0.4 is 10.6 Å². The minimum atomic E-state index is 0.331. The van der Waals surface area contributed by atoms with Crippen molar-refractivity contribution in [2.45, 2.75) is 6.04 Å². The lowest BCUT2D eigenvalue weighted by Crippen LogP contribution is -2.49. The number of anilines is 1. The normalized spacial score (nSPS) is 17.9. The maximum atomic E-state index is 6.04. The minimum Gasteiger partial charge on any atom is -0.369 e. The van der Waals surface area contributed by atoms with Crippen LogP contribution in [0.5, 0.6) is 0 Å². The van der Waals surface area contributed by atoms with Crippen LogP contribution in [0.3, 0.4) is 0 Å². The van der Waals surface area contributed by atoms with E-state index in [1.165, 1.54) is 15.0 Å². The molecule has 3 nitrogen and oxygen atoms in total. The zero-order valence-electron chi connectivity index (χ0n) is 11.9. The number of rotatable bonds is 4. The van der Waals surface area contributed by atoms with Gasteiger partial charge in [0.25, 0.3) is 0 Å². The number of hydrogen-bond acceptors (Lipinski definition) is 4. The zero-order valence-corrected chi connectivity index (χ0v) is 14.3. The van der Waals surface area contributed by atoms with Crippen molar-refractivity contribution in [2.75, 3.05) is 37.6 Å². The molecule has 5 heteroatoms. The number of hydrogen-bond donors (Lipinski definition) is 1. The van der Waals surface area contributed by atoms with Crippen molar-refractivity contribution in [3.8, 4) is 0 Å². The van der Waals surface area contributed by atoms with E-state index in [0.29, 0.717) is 12.6 Å². The highest BCUT2D eigenvalue weighted by atomic mass is 79.9. The van der Waals surface area contributed by atoms with Gasteiger partial charge in [0.1, 0.15) is 0 Å². The first kappa shape index (κ1) is 15.0. The fraction of sp³-hybridized carbons (Fsp3) is 0.375. The first-order chi connectivity index (χ1) is 10.3. The van der Waals surface area contributed by atoms with Crippen molar-refractivity contribution in [3.05, 3.63) is 51.1 Å². The predicted octanol–water partition coefficient (Wildman–Crippen LogP) is 3.33. The number of piperazine rings is 1. The Labute approximate surface area is 138 Å². The maximum Gasteiger partial charge on any atom is 0.0576 e. The summed E-state index contributed by atoms with van der Waals surface area (Å²) in [7, 11) is 0. The van der Waals surface area contributed by atoms with Gasteiger partial charge in [-0.2, -0.15) is 0 Å². The first-order valence-corrected chi connectivity index (χ1v) is 8.94. The number of para-hydroxylation sites is 1. The fourth-order valence-corrected chi connectivity index (χ4v) is 4.68. The summed E-state index contributed by atoms with van der Waals surface area (Å²) in [6.45, 7) is 4.90. The van der Waals surface area contributed by atoms with Crippen LogP contribution in [0.15, 0.2) is 46.3 Å². The van der Waals surface area contributed by atoms with Gasteiger partial charge < -0.3 is 10.6 Å². The van der Waals surface area contributed by atoms with Gasteiger partial charge in [0.2, 0.25) is 0 Å². The molecule has 2 heterocycles. The molecule has 21 heavy (non-hydrogen) atoms. The zero-order chi connectivity index (χ0) is 14.7. The quantitative estimate of drug-likeness (QED) is 0.901. The molecule has 1 aliphatic heterocycles. The number of nitrogens with zero attached hydrogens (tertiary/aromatic N) is 2. The molecule has 1 aliphatic rings. The molecule has 3 rings (SSSR count). The van der Waals surface area contributed by atoms with Gasteiger partial charge in [-0.1, -0.05) is 18.2 Å². The second kappa shape index (κ2) is 6.92. The lowest BCUT2D eigenvalue weighted by molar-refractivity contribution is 0.192. The summed E-state index contributed by atoms with van der Waals surface area (Å²) in [4.78, 5) is 6.31. The van der Waals surface area contributed by atoms with E-state index in [9.17, 15) is 0 Å². The van der Waals surface area contributed by atoms with Gasteiger partial charge in [0.05, 0.1) is 6.04 Å². The lowest BCUT2D eigenvalue weighted by Gasteiger charge is -2.39. The number of halogens is 1. The molecule has 0 bridgehead atoms. The highest BCUT2D eigenvalue weighted by Gasteiger charge is 2.26. The topological polar surface area (TPSA) is 32.5 Å². The van der Waals surface area contributed by atoms with Gasteiger partial charge >= 0.3 is 0 Å². The second-order valence-electron chi connectivity index (χ2n) is 5.24. The summed E-state index contributed by atoms with van der Waals surface area (Å²) in [5.41, 5.74) is 7.36. The third kappa shape index (κ3) is 3.31. The van der Waals surface area contributed by atoms with Crippen molar-refractivity contribution in [2.24, 2.45) is 5.73 Å².